The Labute approximate surface area is 167 Å². The van der Waals surface area contributed by atoms with E-state index >= 15 is 0 Å². The van der Waals surface area contributed by atoms with Gasteiger partial charge in [0.2, 0.25) is 0 Å². The summed E-state index contributed by atoms with van der Waals surface area (Å²) < 4.78 is 13.2. The minimum Gasteiger partial charge on any atom is -0.372 e. The van der Waals surface area contributed by atoms with E-state index in [0.29, 0.717) is 5.56 Å². The van der Waals surface area contributed by atoms with Crippen molar-refractivity contribution < 1.29 is 18.8 Å². The van der Waals surface area contributed by atoms with Gasteiger partial charge in [0.1, 0.15) is 11.4 Å². The first kappa shape index (κ1) is 18.9. The fourth-order valence-corrected chi connectivity index (χ4v) is 3.58. The number of piperidine rings is 1. The van der Waals surface area contributed by atoms with Crippen LogP contribution < -0.4 is 15.1 Å². The highest BCUT2D eigenvalue weighted by atomic mass is 19.1. The molecule has 0 bridgehead atoms. The van der Waals surface area contributed by atoms with Gasteiger partial charge in [-0.05, 0) is 67.3 Å². The Morgan fingerprint density at radius 3 is 2.10 bits per heavy atom. The smallest absolute Gasteiger partial charge is 0.335 e. The van der Waals surface area contributed by atoms with Crippen LogP contribution >= 0.6 is 0 Å². The Balaban J connectivity index is 1.59. The molecule has 2 saturated heterocycles. The number of benzene rings is 2. The number of carbonyl (C=O) groups excluding carboxylic acids is 3. The van der Waals surface area contributed by atoms with E-state index in [1.165, 1.54) is 37.5 Å². The van der Waals surface area contributed by atoms with Gasteiger partial charge in [-0.15, -0.1) is 0 Å². The van der Waals surface area contributed by atoms with E-state index in [1.54, 1.807) is 0 Å². The van der Waals surface area contributed by atoms with Crippen molar-refractivity contribution in [1.82, 2.24) is 5.32 Å². The lowest BCUT2D eigenvalue weighted by molar-refractivity contribution is -0.122. The highest BCUT2D eigenvalue weighted by molar-refractivity contribution is 6.39. The monoisotopic (exact) mass is 393 g/mol. The van der Waals surface area contributed by atoms with Gasteiger partial charge in [0.05, 0.1) is 5.69 Å². The Kier molecular flexibility index (Phi) is 5.12. The molecule has 7 heteroatoms. The fraction of sp³-hybridized carbons (Fsp3) is 0.227. The van der Waals surface area contributed by atoms with Gasteiger partial charge in [-0.3, -0.25) is 14.9 Å². The number of carbonyl (C=O) groups is 3. The number of urea groups is 1. The van der Waals surface area contributed by atoms with Gasteiger partial charge in [-0.2, -0.15) is 0 Å². The van der Waals surface area contributed by atoms with Crippen molar-refractivity contribution in [2.24, 2.45) is 0 Å². The molecule has 29 heavy (non-hydrogen) atoms. The highest BCUT2D eigenvalue weighted by Gasteiger charge is 2.36. The lowest BCUT2D eigenvalue weighted by atomic mass is 10.1. The van der Waals surface area contributed by atoms with Gasteiger partial charge >= 0.3 is 6.03 Å². The molecule has 1 N–H and O–H groups in total. The van der Waals surface area contributed by atoms with Crippen LogP contribution in [0.2, 0.25) is 0 Å². The van der Waals surface area contributed by atoms with Crippen molar-refractivity contribution in [3.8, 4) is 0 Å². The second-order valence-corrected chi connectivity index (χ2v) is 7.07. The summed E-state index contributed by atoms with van der Waals surface area (Å²) in [4.78, 5) is 40.4. The first-order valence-corrected chi connectivity index (χ1v) is 9.55. The molecule has 6 nitrogen and oxygen atoms in total. The van der Waals surface area contributed by atoms with Gasteiger partial charge in [0, 0.05) is 18.8 Å². The number of imide groups is 2. The van der Waals surface area contributed by atoms with Crippen LogP contribution in [0.3, 0.4) is 0 Å². The van der Waals surface area contributed by atoms with Gasteiger partial charge in [0.25, 0.3) is 11.8 Å². The Hall–Kier alpha value is -3.48. The highest BCUT2D eigenvalue weighted by Crippen LogP contribution is 2.24. The maximum atomic E-state index is 13.2. The van der Waals surface area contributed by atoms with Crippen LogP contribution in [0.4, 0.5) is 20.6 Å². The third kappa shape index (κ3) is 3.89. The summed E-state index contributed by atoms with van der Waals surface area (Å²) in [6.45, 7) is 2.05. The third-order valence-electron chi connectivity index (χ3n) is 5.11. The molecule has 2 aliphatic heterocycles. The van der Waals surface area contributed by atoms with E-state index in [-0.39, 0.29) is 11.3 Å². The topological polar surface area (TPSA) is 69.7 Å². The standard InChI is InChI=1S/C22H20FN3O3/c23-16-6-10-18(11-7-16)26-21(28)19(20(27)24-22(26)29)14-15-4-8-17(9-5-15)25-12-2-1-3-13-25/h4-11,14H,1-3,12-13H2,(H,24,27,29)/b19-14-. The molecular weight excluding hydrogens is 373 g/mol. The summed E-state index contributed by atoms with van der Waals surface area (Å²) in [5.41, 5.74) is 1.82. The van der Waals surface area contributed by atoms with Crippen LogP contribution in [-0.4, -0.2) is 30.9 Å². The molecule has 0 aliphatic carbocycles. The molecular formula is C22H20FN3O3. The maximum absolute atomic E-state index is 13.2. The second-order valence-electron chi connectivity index (χ2n) is 7.07. The van der Waals surface area contributed by atoms with E-state index in [9.17, 15) is 18.8 Å². The van der Waals surface area contributed by atoms with E-state index in [0.717, 1.165) is 35.8 Å². The predicted octanol–water partition coefficient (Wildman–Crippen LogP) is 3.48. The van der Waals surface area contributed by atoms with E-state index in [2.05, 4.69) is 10.2 Å². The van der Waals surface area contributed by atoms with Crippen molar-refractivity contribution in [2.75, 3.05) is 22.9 Å². The zero-order chi connectivity index (χ0) is 20.4. The molecule has 0 spiro atoms. The van der Waals surface area contributed by atoms with Crippen LogP contribution in [0.5, 0.6) is 0 Å². The van der Waals surface area contributed by atoms with Crippen molar-refractivity contribution in [3.05, 3.63) is 65.5 Å². The van der Waals surface area contributed by atoms with Crippen molar-refractivity contribution in [3.63, 3.8) is 0 Å². The fourth-order valence-electron chi connectivity index (χ4n) is 3.58. The minimum absolute atomic E-state index is 0.153. The van der Waals surface area contributed by atoms with E-state index in [4.69, 9.17) is 0 Å². The first-order valence-electron chi connectivity index (χ1n) is 9.55. The van der Waals surface area contributed by atoms with E-state index < -0.39 is 23.7 Å². The largest absolute Gasteiger partial charge is 0.372 e. The quantitative estimate of drug-likeness (QED) is 0.640. The Morgan fingerprint density at radius 1 is 0.828 bits per heavy atom. The number of hydrogen-bond donors (Lipinski definition) is 1. The number of anilines is 2. The van der Waals surface area contributed by atoms with Crippen molar-refractivity contribution in [2.45, 2.75) is 19.3 Å². The van der Waals surface area contributed by atoms with Crippen molar-refractivity contribution >= 4 is 35.3 Å². The van der Waals surface area contributed by atoms with Crippen LogP contribution in [0.15, 0.2) is 54.1 Å². The average molecular weight is 393 g/mol. The number of barbiturate groups is 1. The molecule has 0 radical (unpaired) electrons. The molecule has 2 aliphatic rings. The lowest BCUT2D eigenvalue weighted by Crippen LogP contribution is -2.54. The summed E-state index contributed by atoms with van der Waals surface area (Å²) in [6.07, 6.45) is 5.06. The number of nitrogens with one attached hydrogen (secondary N) is 1. The molecule has 4 rings (SSSR count). The Bertz CT molecular complexity index is 977. The summed E-state index contributed by atoms with van der Waals surface area (Å²) in [6, 6.07) is 11.7. The molecule has 2 aromatic rings. The van der Waals surface area contributed by atoms with Crippen molar-refractivity contribution in [1.29, 1.82) is 0 Å². The zero-order valence-corrected chi connectivity index (χ0v) is 15.7. The third-order valence-corrected chi connectivity index (χ3v) is 5.11. The second kappa shape index (κ2) is 7.87. The van der Waals surface area contributed by atoms with Crippen LogP contribution in [0.1, 0.15) is 24.8 Å². The van der Waals surface area contributed by atoms with E-state index in [1.807, 2.05) is 24.3 Å². The molecule has 2 heterocycles. The summed E-state index contributed by atoms with van der Waals surface area (Å²) in [7, 11) is 0. The summed E-state index contributed by atoms with van der Waals surface area (Å²) in [5, 5.41) is 2.16. The number of amides is 4. The molecule has 0 atom stereocenters. The van der Waals surface area contributed by atoms with Gasteiger partial charge in [0.15, 0.2) is 0 Å². The van der Waals surface area contributed by atoms with Gasteiger partial charge in [-0.1, -0.05) is 12.1 Å². The lowest BCUT2D eigenvalue weighted by Gasteiger charge is -2.29. The number of rotatable bonds is 3. The predicted molar refractivity (Wildman–Crippen MR) is 108 cm³/mol. The average Bonchev–Trinajstić information content (AvgIpc) is 2.73. The number of nitrogens with zero attached hydrogens (tertiary/aromatic N) is 2. The van der Waals surface area contributed by atoms with Gasteiger partial charge in [-0.25, -0.2) is 14.1 Å². The minimum atomic E-state index is -0.857. The molecule has 148 valence electrons. The Morgan fingerprint density at radius 2 is 1.45 bits per heavy atom. The van der Waals surface area contributed by atoms with Crippen LogP contribution in [-0.2, 0) is 9.59 Å². The number of hydrogen-bond acceptors (Lipinski definition) is 4. The molecule has 0 saturated carbocycles. The SMILES string of the molecule is O=C1NC(=O)N(c2ccc(F)cc2)C(=O)/C1=C\c1ccc(N2CCCCC2)cc1. The molecule has 2 aromatic carbocycles. The first-order chi connectivity index (χ1) is 14.0. The molecule has 4 amide bonds. The zero-order valence-electron chi connectivity index (χ0n) is 15.7. The van der Waals surface area contributed by atoms with Crippen LogP contribution in [0, 0.1) is 5.82 Å². The number of halogens is 1. The normalized spacial score (nSPS) is 18.9. The summed E-state index contributed by atoms with van der Waals surface area (Å²) >= 11 is 0. The maximum Gasteiger partial charge on any atom is 0.335 e. The molecule has 0 unspecified atom stereocenters. The molecule has 2 fully saturated rings. The molecule has 0 aromatic heterocycles. The summed E-state index contributed by atoms with van der Waals surface area (Å²) in [5.74, 6) is -1.98. The van der Waals surface area contributed by atoms with Gasteiger partial charge < -0.3 is 4.90 Å². The van der Waals surface area contributed by atoms with Crippen LogP contribution in [0.25, 0.3) is 6.08 Å².